The van der Waals surface area contributed by atoms with Crippen LogP contribution >= 0.6 is 27.5 Å². The van der Waals surface area contributed by atoms with Gasteiger partial charge >= 0.3 is 0 Å². The number of carbonyl (C=O) groups is 1. The van der Waals surface area contributed by atoms with Crippen LogP contribution in [-0.2, 0) is 4.79 Å². The van der Waals surface area contributed by atoms with Crippen molar-refractivity contribution in [2.24, 2.45) is 0 Å². The maximum atomic E-state index is 12.0. The molecule has 1 fully saturated rings. The molecule has 1 aromatic rings. The van der Waals surface area contributed by atoms with Gasteiger partial charge in [0.05, 0.1) is 11.6 Å². The Labute approximate surface area is 126 Å². The molecule has 2 N–H and O–H groups in total. The third-order valence-electron chi connectivity index (χ3n) is 3.00. The molecule has 0 unspecified atom stereocenters. The van der Waals surface area contributed by atoms with E-state index in [1.807, 2.05) is 12.1 Å². The minimum atomic E-state index is 0.000268. The molecule has 104 valence electrons. The van der Waals surface area contributed by atoms with E-state index in [-0.39, 0.29) is 5.91 Å². The molecule has 0 spiro atoms. The van der Waals surface area contributed by atoms with Gasteiger partial charge in [-0.2, -0.15) is 0 Å². The van der Waals surface area contributed by atoms with E-state index in [1.54, 1.807) is 6.07 Å². The van der Waals surface area contributed by atoms with Crippen LogP contribution in [0.15, 0.2) is 22.7 Å². The molecule has 1 saturated heterocycles. The van der Waals surface area contributed by atoms with Gasteiger partial charge in [0, 0.05) is 23.2 Å². The normalized spacial score (nSPS) is 16.9. The smallest absolute Gasteiger partial charge is 0.238 e. The zero-order chi connectivity index (χ0) is 13.7. The number of benzene rings is 1. The Bertz CT molecular complexity index is 448. The number of hydrogen-bond donors (Lipinski definition) is 2. The molecule has 0 aromatic heterocycles. The Morgan fingerprint density at radius 3 is 3.05 bits per heavy atom. The maximum Gasteiger partial charge on any atom is 0.238 e. The van der Waals surface area contributed by atoms with Crippen molar-refractivity contribution in [2.45, 2.75) is 6.42 Å². The van der Waals surface area contributed by atoms with E-state index in [9.17, 15) is 4.79 Å². The van der Waals surface area contributed by atoms with Gasteiger partial charge in [-0.05, 0) is 53.6 Å². The van der Waals surface area contributed by atoms with Crippen molar-refractivity contribution in [3.05, 3.63) is 27.7 Å². The SMILES string of the molecule is O=C(CN1CCCNCC1)Nc1ccc(Br)c(Cl)c1. The lowest BCUT2D eigenvalue weighted by Crippen LogP contribution is -2.35. The number of amides is 1. The van der Waals surface area contributed by atoms with Crippen molar-refractivity contribution >= 4 is 39.1 Å². The lowest BCUT2D eigenvalue weighted by atomic mass is 10.3. The van der Waals surface area contributed by atoms with Crippen molar-refractivity contribution in [3.63, 3.8) is 0 Å². The lowest BCUT2D eigenvalue weighted by Gasteiger charge is -2.18. The van der Waals surface area contributed by atoms with Gasteiger partial charge < -0.3 is 10.6 Å². The monoisotopic (exact) mass is 345 g/mol. The van der Waals surface area contributed by atoms with Gasteiger partial charge in [0.1, 0.15) is 0 Å². The van der Waals surface area contributed by atoms with Crippen LogP contribution in [0.25, 0.3) is 0 Å². The topological polar surface area (TPSA) is 44.4 Å². The van der Waals surface area contributed by atoms with Crippen molar-refractivity contribution < 1.29 is 4.79 Å². The molecule has 1 amide bonds. The van der Waals surface area contributed by atoms with Crippen LogP contribution in [0.1, 0.15) is 6.42 Å². The second-order valence-corrected chi connectivity index (χ2v) is 5.82. The largest absolute Gasteiger partial charge is 0.325 e. The average Bonchev–Trinajstić information content (AvgIpc) is 2.62. The lowest BCUT2D eigenvalue weighted by molar-refractivity contribution is -0.117. The molecule has 0 bridgehead atoms. The molecule has 19 heavy (non-hydrogen) atoms. The van der Waals surface area contributed by atoms with E-state index in [1.165, 1.54) is 0 Å². The summed E-state index contributed by atoms with van der Waals surface area (Å²) in [4.78, 5) is 14.1. The molecule has 1 heterocycles. The first-order valence-corrected chi connectivity index (χ1v) is 7.50. The van der Waals surface area contributed by atoms with Gasteiger partial charge in [-0.3, -0.25) is 9.69 Å². The molecule has 0 radical (unpaired) electrons. The predicted molar refractivity (Wildman–Crippen MR) is 81.7 cm³/mol. The van der Waals surface area contributed by atoms with Crippen molar-refractivity contribution in [2.75, 3.05) is 38.0 Å². The Hall–Kier alpha value is -0.620. The van der Waals surface area contributed by atoms with E-state index in [2.05, 4.69) is 31.5 Å². The van der Waals surface area contributed by atoms with Crippen molar-refractivity contribution in [1.29, 1.82) is 0 Å². The van der Waals surface area contributed by atoms with Crippen LogP contribution in [0.4, 0.5) is 5.69 Å². The van der Waals surface area contributed by atoms with E-state index < -0.39 is 0 Å². The van der Waals surface area contributed by atoms with Crippen LogP contribution in [0.5, 0.6) is 0 Å². The van der Waals surface area contributed by atoms with Gasteiger partial charge in [-0.1, -0.05) is 11.6 Å². The van der Waals surface area contributed by atoms with E-state index in [4.69, 9.17) is 11.6 Å². The highest BCUT2D eigenvalue weighted by Crippen LogP contribution is 2.25. The fraction of sp³-hybridized carbons (Fsp3) is 0.462. The van der Waals surface area contributed by atoms with Crippen molar-refractivity contribution in [3.8, 4) is 0 Å². The molecule has 4 nitrogen and oxygen atoms in total. The summed E-state index contributed by atoms with van der Waals surface area (Å²) in [5.74, 6) is 0.000268. The molecular formula is C13H17BrClN3O. The average molecular weight is 347 g/mol. The number of anilines is 1. The van der Waals surface area contributed by atoms with Gasteiger partial charge in [-0.15, -0.1) is 0 Å². The van der Waals surface area contributed by atoms with Crippen molar-refractivity contribution in [1.82, 2.24) is 10.2 Å². The molecule has 2 rings (SSSR count). The van der Waals surface area contributed by atoms with E-state index in [0.717, 1.165) is 42.8 Å². The summed E-state index contributed by atoms with van der Waals surface area (Å²) >= 11 is 9.32. The summed E-state index contributed by atoms with van der Waals surface area (Å²) in [5, 5.41) is 6.78. The number of carbonyl (C=O) groups excluding carboxylic acids is 1. The summed E-state index contributed by atoms with van der Waals surface area (Å²) in [6.45, 7) is 4.27. The summed E-state index contributed by atoms with van der Waals surface area (Å²) in [5.41, 5.74) is 0.728. The van der Waals surface area contributed by atoms with Gasteiger partial charge in [-0.25, -0.2) is 0 Å². The number of rotatable bonds is 3. The summed E-state index contributed by atoms with van der Waals surface area (Å²) in [7, 11) is 0. The van der Waals surface area contributed by atoms with Crippen LogP contribution in [-0.4, -0.2) is 43.5 Å². The highest BCUT2D eigenvalue weighted by molar-refractivity contribution is 9.10. The Balaban J connectivity index is 1.87. The number of nitrogens with zero attached hydrogens (tertiary/aromatic N) is 1. The number of nitrogens with one attached hydrogen (secondary N) is 2. The zero-order valence-electron chi connectivity index (χ0n) is 10.6. The molecule has 0 aliphatic carbocycles. The second-order valence-electron chi connectivity index (χ2n) is 4.56. The molecule has 1 aromatic carbocycles. The molecular weight excluding hydrogens is 330 g/mol. The highest BCUT2D eigenvalue weighted by atomic mass is 79.9. The van der Waals surface area contributed by atoms with Crippen LogP contribution in [0, 0.1) is 0 Å². The van der Waals surface area contributed by atoms with Crippen LogP contribution in [0.2, 0.25) is 5.02 Å². The minimum Gasteiger partial charge on any atom is -0.325 e. The highest BCUT2D eigenvalue weighted by Gasteiger charge is 2.13. The fourth-order valence-electron chi connectivity index (χ4n) is 2.04. The minimum absolute atomic E-state index is 0.000268. The molecule has 0 atom stereocenters. The first-order chi connectivity index (χ1) is 9.15. The first-order valence-electron chi connectivity index (χ1n) is 6.33. The summed E-state index contributed by atoms with van der Waals surface area (Å²) in [6, 6.07) is 5.40. The quantitative estimate of drug-likeness (QED) is 0.883. The van der Waals surface area contributed by atoms with E-state index >= 15 is 0 Å². The predicted octanol–water partition coefficient (Wildman–Crippen LogP) is 2.34. The molecule has 6 heteroatoms. The van der Waals surface area contributed by atoms with E-state index in [0.29, 0.717) is 11.6 Å². The van der Waals surface area contributed by atoms with Crippen LogP contribution < -0.4 is 10.6 Å². The third-order valence-corrected chi connectivity index (χ3v) is 4.24. The maximum absolute atomic E-state index is 12.0. The Kier molecular flexibility index (Phi) is 5.63. The van der Waals surface area contributed by atoms with Gasteiger partial charge in [0.25, 0.3) is 0 Å². The summed E-state index contributed by atoms with van der Waals surface area (Å²) < 4.78 is 0.825. The Morgan fingerprint density at radius 2 is 2.26 bits per heavy atom. The third kappa shape index (κ3) is 4.76. The second kappa shape index (κ2) is 7.24. The summed E-state index contributed by atoms with van der Waals surface area (Å²) in [6.07, 6.45) is 1.08. The molecule has 1 aliphatic rings. The van der Waals surface area contributed by atoms with Gasteiger partial charge in [0.2, 0.25) is 5.91 Å². The van der Waals surface area contributed by atoms with Gasteiger partial charge in [0.15, 0.2) is 0 Å². The zero-order valence-corrected chi connectivity index (χ0v) is 12.9. The molecule has 1 aliphatic heterocycles. The van der Waals surface area contributed by atoms with Crippen LogP contribution in [0.3, 0.4) is 0 Å². The molecule has 0 saturated carbocycles. The number of hydrogen-bond acceptors (Lipinski definition) is 3. The standard InChI is InChI=1S/C13H17BrClN3O/c14-11-3-2-10(8-12(11)15)17-13(19)9-18-6-1-4-16-5-7-18/h2-3,8,16H,1,4-7,9H2,(H,17,19). The fourth-order valence-corrected chi connectivity index (χ4v) is 2.46. The Morgan fingerprint density at radius 1 is 1.42 bits per heavy atom. The first kappa shape index (κ1) is 14.8. The number of halogens is 2.